The molecule has 1 fully saturated rings. The van der Waals surface area contributed by atoms with Gasteiger partial charge in [0.15, 0.2) is 5.76 Å². The van der Waals surface area contributed by atoms with Crippen LogP contribution in [-0.2, 0) is 14.3 Å². The number of Topliss-reactive ketones (excluding diaryl/α,β-unsaturated/α-hetero) is 1. The van der Waals surface area contributed by atoms with Crippen molar-refractivity contribution in [2.75, 3.05) is 19.8 Å². The molecule has 0 saturated carbocycles. The fourth-order valence-corrected chi connectivity index (χ4v) is 2.18. The number of rotatable bonds is 2. The molecule has 0 bridgehead atoms. The zero-order valence-corrected chi connectivity index (χ0v) is 9.20. The molecule has 2 heterocycles. The lowest BCUT2D eigenvalue weighted by Gasteiger charge is -2.28. The van der Waals surface area contributed by atoms with Crippen LogP contribution in [0.2, 0.25) is 0 Å². The van der Waals surface area contributed by atoms with Crippen LogP contribution in [0.1, 0.15) is 26.2 Å². The molecule has 0 aliphatic carbocycles. The molecule has 3 nitrogen and oxygen atoms in total. The van der Waals surface area contributed by atoms with Gasteiger partial charge in [0.1, 0.15) is 0 Å². The second-order valence-corrected chi connectivity index (χ2v) is 4.37. The highest BCUT2D eigenvalue weighted by Gasteiger charge is 2.31. The van der Waals surface area contributed by atoms with Gasteiger partial charge in [-0.3, -0.25) is 4.79 Å². The van der Waals surface area contributed by atoms with Crippen LogP contribution in [0.25, 0.3) is 0 Å². The molecule has 3 heteroatoms. The highest BCUT2D eigenvalue weighted by molar-refractivity contribution is 5.95. The van der Waals surface area contributed by atoms with Crippen molar-refractivity contribution >= 4 is 5.78 Å². The third-order valence-corrected chi connectivity index (χ3v) is 3.16. The molecule has 0 aromatic carbocycles. The van der Waals surface area contributed by atoms with Gasteiger partial charge in [0.05, 0.1) is 6.61 Å². The Morgan fingerprint density at radius 3 is 3.00 bits per heavy atom. The summed E-state index contributed by atoms with van der Waals surface area (Å²) in [6, 6.07) is 0. The predicted octanol–water partition coefficient (Wildman–Crippen LogP) is 1.92. The molecule has 0 spiro atoms. The minimum Gasteiger partial charge on any atom is -0.490 e. The topological polar surface area (TPSA) is 35.5 Å². The molecule has 2 atom stereocenters. The zero-order chi connectivity index (χ0) is 10.7. The monoisotopic (exact) mass is 210 g/mol. The maximum atomic E-state index is 12.1. The molecular formula is C12H18O3. The quantitative estimate of drug-likeness (QED) is 0.698. The third kappa shape index (κ3) is 2.40. The molecule has 0 N–H and O–H groups in total. The molecule has 0 aromatic rings. The first-order valence-electron chi connectivity index (χ1n) is 5.74. The predicted molar refractivity (Wildman–Crippen MR) is 56.4 cm³/mol. The summed E-state index contributed by atoms with van der Waals surface area (Å²) in [6.45, 7) is 4.16. The van der Waals surface area contributed by atoms with Crippen LogP contribution in [-0.4, -0.2) is 25.6 Å². The SMILES string of the molecule is CC1COCCC1C(=O)C1=CCCCO1. The van der Waals surface area contributed by atoms with Crippen LogP contribution in [0.4, 0.5) is 0 Å². The largest absolute Gasteiger partial charge is 0.490 e. The number of allylic oxidation sites excluding steroid dienone is 2. The zero-order valence-electron chi connectivity index (χ0n) is 9.20. The summed E-state index contributed by atoms with van der Waals surface area (Å²) in [4.78, 5) is 12.1. The number of ether oxygens (including phenoxy) is 2. The van der Waals surface area contributed by atoms with Gasteiger partial charge in [-0.05, 0) is 31.3 Å². The van der Waals surface area contributed by atoms with E-state index in [9.17, 15) is 4.79 Å². The molecule has 2 unspecified atom stereocenters. The van der Waals surface area contributed by atoms with Crippen LogP contribution in [0.5, 0.6) is 0 Å². The fraction of sp³-hybridized carbons (Fsp3) is 0.750. The first kappa shape index (κ1) is 10.7. The summed E-state index contributed by atoms with van der Waals surface area (Å²) in [6.07, 6.45) is 4.77. The van der Waals surface area contributed by atoms with Crippen molar-refractivity contribution < 1.29 is 14.3 Å². The first-order chi connectivity index (χ1) is 7.29. The number of carbonyl (C=O) groups excluding carboxylic acids is 1. The Kier molecular flexibility index (Phi) is 3.41. The lowest BCUT2D eigenvalue weighted by molar-refractivity contribution is -0.128. The molecule has 2 rings (SSSR count). The van der Waals surface area contributed by atoms with Crippen LogP contribution < -0.4 is 0 Å². The second-order valence-electron chi connectivity index (χ2n) is 4.37. The van der Waals surface area contributed by atoms with Crippen molar-refractivity contribution in [1.29, 1.82) is 0 Å². The van der Waals surface area contributed by atoms with E-state index in [4.69, 9.17) is 9.47 Å². The van der Waals surface area contributed by atoms with E-state index in [2.05, 4.69) is 6.92 Å². The van der Waals surface area contributed by atoms with E-state index in [1.54, 1.807) is 0 Å². The fourth-order valence-electron chi connectivity index (χ4n) is 2.18. The van der Waals surface area contributed by atoms with Gasteiger partial charge in [-0.2, -0.15) is 0 Å². The molecule has 2 aliphatic heterocycles. The van der Waals surface area contributed by atoms with Crippen LogP contribution in [0.3, 0.4) is 0 Å². The summed E-state index contributed by atoms with van der Waals surface area (Å²) < 4.78 is 10.7. The van der Waals surface area contributed by atoms with Crippen molar-refractivity contribution in [3.63, 3.8) is 0 Å². The Bertz CT molecular complexity index is 270. The minimum absolute atomic E-state index is 0.100. The van der Waals surface area contributed by atoms with E-state index < -0.39 is 0 Å². The van der Waals surface area contributed by atoms with Crippen LogP contribution in [0, 0.1) is 11.8 Å². The Morgan fingerprint density at radius 1 is 1.47 bits per heavy atom. The van der Waals surface area contributed by atoms with Gasteiger partial charge in [0.25, 0.3) is 0 Å². The average molecular weight is 210 g/mol. The summed E-state index contributed by atoms with van der Waals surface area (Å²) in [5.41, 5.74) is 0. The van der Waals surface area contributed by atoms with E-state index in [0.29, 0.717) is 31.5 Å². The Labute approximate surface area is 90.4 Å². The molecule has 15 heavy (non-hydrogen) atoms. The van der Waals surface area contributed by atoms with Crippen LogP contribution in [0.15, 0.2) is 11.8 Å². The molecule has 84 valence electrons. The Balaban J connectivity index is 2.02. The number of ketones is 1. The molecule has 1 saturated heterocycles. The van der Waals surface area contributed by atoms with Gasteiger partial charge >= 0.3 is 0 Å². The maximum absolute atomic E-state index is 12.1. The van der Waals surface area contributed by atoms with Crippen molar-refractivity contribution in [3.8, 4) is 0 Å². The highest BCUT2D eigenvalue weighted by Crippen LogP contribution is 2.26. The first-order valence-corrected chi connectivity index (χ1v) is 5.74. The van der Waals surface area contributed by atoms with E-state index in [-0.39, 0.29) is 11.7 Å². The number of carbonyl (C=O) groups is 1. The van der Waals surface area contributed by atoms with Crippen LogP contribution >= 0.6 is 0 Å². The van der Waals surface area contributed by atoms with Gasteiger partial charge in [0.2, 0.25) is 5.78 Å². The number of hydrogen-bond acceptors (Lipinski definition) is 3. The molecule has 0 radical (unpaired) electrons. The molecular weight excluding hydrogens is 192 g/mol. The second kappa shape index (κ2) is 4.79. The van der Waals surface area contributed by atoms with E-state index >= 15 is 0 Å². The highest BCUT2D eigenvalue weighted by atomic mass is 16.5. The summed E-state index contributed by atoms with van der Waals surface area (Å²) in [5, 5.41) is 0. The van der Waals surface area contributed by atoms with Crippen molar-refractivity contribution in [3.05, 3.63) is 11.8 Å². The van der Waals surface area contributed by atoms with Gasteiger partial charge in [-0.15, -0.1) is 0 Å². The lowest BCUT2D eigenvalue weighted by Crippen LogP contribution is -2.33. The standard InChI is InChI=1S/C12H18O3/c1-9-8-14-7-5-10(9)12(13)11-4-2-3-6-15-11/h4,9-10H,2-3,5-8H2,1H3. The smallest absolute Gasteiger partial charge is 0.200 e. The number of hydrogen-bond donors (Lipinski definition) is 0. The van der Waals surface area contributed by atoms with E-state index in [1.165, 1.54) is 0 Å². The van der Waals surface area contributed by atoms with Crippen molar-refractivity contribution in [2.45, 2.75) is 26.2 Å². The third-order valence-electron chi connectivity index (χ3n) is 3.16. The normalized spacial score (nSPS) is 31.7. The molecule has 2 aliphatic rings. The van der Waals surface area contributed by atoms with Crippen molar-refractivity contribution in [2.24, 2.45) is 11.8 Å². The van der Waals surface area contributed by atoms with Crippen molar-refractivity contribution in [1.82, 2.24) is 0 Å². The van der Waals surface area contributed by atoms with Gasteiger partial charge in [-0.1, -0.05) is 6.92 Å². The summed E-state index contributed by atoms with van der Waals surface area (Å²) in [7, 11) is 0. The van der Waals surface area contributed by atoms with Gasteiger partial charge in [-0.25, -0.2) is 0 Å². The summed E-state index contributed by atoms with van der Waals surface area (Å²) in [5.74, 6) is 1.20. The Hall–Kier alpha value is -0.830. The van der Waals surface area contributed by atoms with E-state index in [0.717, 1.165) is 19.3 Å². The lowest BCUT2D eigenvalue weighted by atomic mass is 9.85. The van der Waals surface area contributed by atoms with Gasteiger partial charge in [0, 0.05) is 19.1 Å². The summed E-state index contributed by atoms with van der Waals surface area (Å²) >= 11 is 0. The molecule has 0 aromatic heterocycles. The van der Waals surface area contributed by atoms with E-state index in [1.807, 2.05) is 6.08 Å². The average Bonchev–Trinajstić information content (AvgIpc) is 2.30. The van der Waals surface area contributed by atoms with Gasteiger partial charge < -0.3 is 9.47 Å². The Morgan fingerprint density at radius 2 is 2.33 bits per heavy atom. The molecule has 0 amide bonds. The minimum atomic E-state index is 0.100. The maximum Gasteiger partial charge on any atom is 0.200 e.